The van der Waals surface area contributed by atoms with Crippen molar-refractivity contribution in [1.82, 2.24) is 9.88 Å². The number of rotatable bonds is 2. The zero-order chi connectivity index (χ0) is 17.6. The van der Waals surface area contributed by atoms with Crippen molar-refractivity contribution < 1.29 is 9.59 Å². The lowest BCUT2D eigenvalue weighted by atomic mass is 9.93. The van der Waals surface area contributed by atoms with Gasteiger partial charge in [-0.05, 0) is 30.9 Å². The first-order valence-electron chi connectivity index (χ1n) is 8.90. The smallest absolute Gasteiger partial charge is 0.270 e. The number of aryl methyl sites for hydroxylation is 1. The number of Topliss-reactive ketones (excluding diaryl/α,β-unsaturated/α-hetero) is 1. The van der Waals surface area contributed by atoms with Gasteiger partial charge in [0.15, 0.2) is 5.78 Å². The van der Waals surface area contributed by atoms with Gasteiger partial charge in [-0.25, -0.2) is 0 Å². The van der Waals surface area contributed by atoms with Crippen LogP contribution in [0.3, 0.4) is 0 Å². The van der Waals surface area contributed by atoms with E-state index in [1.54, 1.807) is 0 Å². The van der Waals surface area contributed by atoms with Gasteiger partial charge >= 0.3 is 0 Å². The molecule has 0 spiro atoms. The molecule has 26 heavy (non-hydrogen) atoms. The lowest BCUT2D eigenvalue weighted by Gasteiger charge is -2.16. The van der Waals surface area contributed by atoms with E-state index in [0.717, 1.165) is 29.7 Å². The molecule has 1 fully saturated rings. The van der Waals surface area contributed by atoms with Crippen LogP contribution in [0.2, 0.25) is 0 Å². The highest BCUT2D eigenvalue weighted by molar-refractivity contribution is 6.04. The van der Waals surface area contributed by atoms with Gasteiger partial charge < -0.3 is 15.6 Å². The number of hydrogen-bond donors (Lipinski definition) is 2. The summed E-state index contributed by atoms with van der Waals surface area (Å²) in [4.78, 5) is 30.3. The summed E-state index contributed by atoms with van der Waals surface area (Å²) < 4.78 is 0. The lowest BCUT2D eigenvalue weighted by molar-refractivity contribution is 0.0783. The number of halogens is 1. The minimum Gasteiger partial charge on any atom is -0.354 e. The number of H-pyrrole nitrogens is 1. The van der Waals surface area contributed by atoms with Gasteiger partial charge in [0.1, 0.15) is 5.69 Å². The van der Waals surface area contributed by atoms with E-state index < -0.39 is 0 Å². The van der Waals surface area contributed by atoms with Gasteiger partial charge in [-0.15, -0.1) is 12.4 Å². The molecular formula is C20H24ClN3O2. The van der Waals surface area contributed by atoms with Gasteiger partial charge in [-0.3, -0.25) is 9.59 Å². The maximum absolute atomic E-state index is 13.0. The minimum absolute atomic E-state index is 0. The summed E-state index contributed by atoms with van der Waals surface area (Å²) >= 11 is 0. The van der Waals surface area contributed by atoms with Crippen LogP contribution in [-0.4, -0.2) is 40.7 Å². The molecule has 4 rings (SSSR count). The fourth-order valence-electron chi connectivity index (χ4n) is 4.19. The number of hydrogen-bond acceptors (Lipinski definition) is 3. The van der Waals surface area contributed by atoms with Crippen molar-refractivity contribution in [2.45, 2.75) is 38.1 Å². The number of nitrogens with two attached hydrogens (primary N) is 1. The minimum atomic E-state index is -0.0714. The molecule has 0 radical (unpaired) electrons. The molecule has 138 valence electrons. The largest absolute Gasteiger partial charge is 0.354 e. The molecule has 1 saturated heterocycles. The summed E-state index contributed by atoms with van der Waals surface area (Å²) in [5.41, 5.74) is 10.5. The molecule has 5 nitrogen and oxygen atoms in total. The van der Waals surface area contributed by atoms with Gasteiger partial charge in [0.25, 0.3) is 5.91 Å². The Kier molecular flexibility index (Phi) is 5.21. The van der Waals surface area contributed by atoms with Crippen molar-refractivity contribution in [2.75, 3.05) is 13.1 Å². The molecule has 1 aliphatic carbocycles. The normalized spacial score (nSPS) is 22.1. The molecule has 6 heteroatoms. The average Bonchev–Trinajstić information content (AvgIpc) is 3.17. The number of nitrogens with zero attached hydrogens (tertiary/aromatic N) is 1. The molecule has 2 aliphatic rings. The van der Waals surface area contributed by atoms with Crippen LogP contribution >= 0.6 is 12.4 Å². The van der Waals surface area contributed by atoms with E-state index >= 15 is 0 Å². The van der Waals surface area contributed by atoms with E-state index in [1.807, 2.05) is 30.0 Å². The third-order valence-electron chi connectivity index (χ3n) is 5.53. The molecule has 1 aliphatic heterocycles. The third-order valence-corrected chi connectivity index (χ3v) is 5.53. The number of nitrogens with one attached hydrogen (secondary N) is 1. The molecule has 1 aromatic carbocycles. The zero-order valence-corrected chi connectivity index (χ0v) is 15.6. The first-order chi connectivity index (χ1) is 12.1. The fourth-order valence-corrected chi connectivity index (χ4v) is 4.19. The standard InChI is InChI=1S/C20H23N3O2.ClH/c1-12-18-16(8-5-9-17(18)24)22-19(12)20(25)23-10-14(15(21)11-23)13-6-3-2-4-7-13;/h2-4,6-7,14-15,22H,5,8-11,21H2,1H3;1H/t14-,15+;/m0./s1. The van der Waals surface area contributed by atoms with Crippen molar-refractivity contribution in [1.29, 1.82) is 0 Å². The highest BCUT2D eigenvalue weighted by Gasteiger charge is 2.36. The average molecular weight is 374 g/mol. The molecule has 3 N–H and O–H groups in total. The Hall–Kier alpha value is -2.11. The van der Waals surface area contributed by atoms with Crippen LogP contribution in [0, 0.1) is 6.92 Å². The molecule has 0 unspecified atom stereocenters. The Bertz CT molecular complexity index is 831. The van der Waals surface area contributed by atoms with Gasteiger partial charge in [-0.1, -0.05) is 30.3 Å². The Morgan fingerprint density at radius 1 is 1.19 bits per heavy atom. The maximum Gasteiger partial charge on any atom is 0.270 e. The van der Waals surface area contributed by atoms with E-state index in [2.05, 4.69) is 17.1 Å². The predicted molar refractivity (Wildman–Crippen MR) is 103 cm³/mol. The molecule has 0 saturated carbocycles. The third kappa shape index (κ3) is 3.06. The Balaban J connectivity index is 0.00000196. The molecule has 2 heterocycles. The molecule has 2 aromatic rings. The molecule has 2 atom stereocenters. The molecule has 0 bridgehead atoms. The van der Waals surface area contributed by atoms with Crippen LogP contribution in [-0.2, 0) is 6.42 Å². The Morgan fingerprint density at radius 3 is 2.62 bits per heavy atom. The summed E-state index contributed by atoms with van der Waals surface area (Å²) in [6, 6.07) is 10.0. The predicted octanol–water partition coefficient (Wildman–Crippen LogP) is 2.83. The number of carbonyl (C=O) groups is 2. The highest BCUT2D eigenvalue weighted by Crippen LogP contribution is 2.30. The van der Waals surface area contributed by atoms with Crippen molar-refractivity contribution in [3.8, 4) is 0 Å². The van der Waals surface area contributed by atoms with Crippen molar-refractivity contribution in [2.24, 2.45) is 5.73 Å². The van der Waals surface area contributed by atoms with E-state index in [-0.39, 0.29) is 36.1 Å². The quantitative estimate of drug-likeness (QED) is 0.849. The number of carbonyl (C=O) groups excluding carboxylic acids is 2. The summed E-state index contributed by atoms with van der Waals surface area (Å²) in [5.74, 6) is 0.250. The zero-order valence-electron chi connectivity index (χ0n) is 14.8. The first-order valence-corrected chi connectivity index (χ1v) is 8.90. The number of aromatic nitrogens is 1. The maximum atomic E-state index is 13.0. The monoisotopic (exact) mass is 373 g/mol. The van der Waals surface area contributed by atoms with Crippen molar-refractivity contribution in [3.05, 3.63) is 58.4 Å². The summed E-state index contributed by atoms with van der Waals surface area (Å²) in [7, 11) is 0. The van der Waals surface area contributed by atoms with Gasteiger partial charge in [0.05, 0.1) is 0 Å². The highest BCUT2D eigenvalue weighted by atomic mass is 35.5. The van der Waals surface area contributed by atoms with Crippen LogP contribution in [0.25, 0.3) is 0 Å². The molecular weight excluding hydrogens is 350 g/mol. The second kappa shape index (κ2) is 7.25. The van der Waals surface area contributed by atoms with Crippen LogP contribution in [0.1, 0.15) is 56.4 Å². The Morgan fingerprint density at radius 2 is 1.92 bits per heavy atom. The van der Waals surface area contributed by atoms with Crippen LogP contribution in [0.5, 0.6) is 0 Å². The second-order valence-electron chi connectivity index (χ2n) is 7.15. The van der Waals surface area contributed by atoms with Crippen LogP contribution < -0.4 is 5.73 Å². The SMILES string of the molecule is Cc1c(C(=O)N2C[C@@H](N)[C@H](c3ccccc3)C2)[nH]c2c1C(=O)CCC2.Cl. The summed E-state index contributed by atoms with van der Waals surface area (Å²) in [6.07, 6.45) is 2.26. The fraction of sp³-hybridized carbons (Fsp3) is 0.400. The summed E-state index contributed by atoms with van der Waals surface area (Å²) in [5, 5.41) is 0. The van der Waals surface area contributed by atoms with Gasteiger partial charge in [0, 0.05) is 42.7 Å². The van der Waals surface area contributed by atoms with Gasteiger partial charge in [-0.2, -0.15) is 0 Å². The van der Waals surface area contributed by atoms with Crippen molar-refractivity contribution >= 4 is 24.1 Å². The van der Waals surface area contributed by atoms with Crippen molar-refractivity contribution in [3.63, 3.8) is 0 Å². The molecule has 1 amide bonds. The van der Waals surface area contributed by atoms with E-state index in [0.29, 0.717) is 25.2 Å². The number of likely N-dealkylation sites (tertiary alicyclic amines) is 1. The first kappa shape index (κ1) is 18.7. The lowest BCUT2D eigenvalue weighted by Crippen LogP contribution is -2.32. The number of ketones is 1. The Labute approximate surface area is 159 Å². The van der Waals surface area contributed by atoms with Crippen LogP contribution in [0.15, 0.2) is 30.3 Å². The molecule has 1 aromatic heterocycles. The topological polar surface area (TPSA) is 79.2 Å². The van der Waals surface area contributed by atoms with Gasteiger partial charge in [0.2, 0.25) is 0 Å². The second-order valence-corrected chi connectivity index (χ2v) is 7.15. The van der Waals surface area contributed by atoms with E-state index in [4.69, 9.17) is 5.73 Å². The number of aromatic amines is 1. The van der Waals surface area contributed by atoms with Crippen LogP contribution in [0.4, 0.5) is 0 Å². The number of amides is 1. The number of fused-ring (bicyclic) bond motifs is 1. The number of benzene rings is 1. The van der Waals surface area contributed by atoms with E-state index in [9.17, 15) is 9.59 Å². The summed E-state index contributed by atoms with van der Waals surface area (Å²) in [6.45, 7) is 3.02. The van der Waals surface area contributed by atoms with E-state index in [1.165, 1.54) is 5.56 Å².